The molecule has 0 bridgehead atoms. The molecule has 1 N–H and O–H groups in total. The number of aromatic nitrogens is 2. The van der Waals surface area contributed by atoms with Crippen LogP contribution in [0.5, 0.6) is 0 Å². The van der Waals surface area contributed by atoms with Crippen molar-refractivity contribution in [1.29, 1.82) is 0 Å². The maximum Gasteiger partial charge on any atom is 0.124 e. The normalized spacial score (nSPS) is 12.7. The molecule has 108 valence electrons. The van der Waals surface area contributed by atoms with Crippen LogP contribution in [0.3, 0.4) is 0 Å². The first-order valence-corrected chi connectivity index (χ1v) is 8.06. The number of pyridine rings is 1. The summed E-state index contributed by atoms with van der Waals surface area (Å²) in [6, 6.07) is 10.7. The highest BCUT2D eigenvalue weighted by molar-refractivity contribution is 7.15. The lowest BCUT2D eigenvalue weighted by molar-refractivity contribution is 0.606. The van der Waals surface area contributed by atoms with E-state index in [0.717, 1.165) is 22.8 Å². The zero-order valence-electron chi connectivity index (χ0n) is 12.6. The van der Waals surface area contributed by atoms with Crippen LogP contribution in [0.4, 0.5) is 0 Å². The van der Waals surface area contributed by atoms with Crippen molar-refractivity contribution in [3.8, 4) is 10.6 Å². The molecule has 21 heavy (non-hydrogen) atoms. The van der Waals surface area contributed by atoms with Gasteiger partial charge in [0.2, 0.25) is 0 Å². The Morgan fingerprint density at radius 1 is 1.29 bits per heavy atom. The van der Waals surface area contributed by atoms with Gasteiger partial charge in [-0.05, 0) is 32.5 Å². The molecule has 0 radical (unpaired) electrons. The Kier molecular flexibility index (Phi) is 3.99. The lowest BCUT2D eigenvalue weighted by atomic mass is 10.1. The van der Waals surface area contributed by atoms with Crippen molar-refractivity contribution >= 4 is 22.2 Å². The van der Waals surface area contributed by atoms with E-state index in [0.29, 0.717) is 6.04 Å². The summed E-state index contributed by atoms with van der Waals surface area (Å²) in [7, 11) is 0. The first-order valence-electron chi connectivity index (χ1n) is 7.25. The average Bonchev–Trinajstić information content (AvgIpc) is 2.96. The van der Waals surface area contributed by atoms with Gasteiger partial charge in [0.25, 0.3) is 0 Å². The summed E-state index contributed by atoms with van der Waals surface area (Å²) in [5.41, 5.74) is 3.24. The monoisotopic (exact) mass is 297 g/mol. The second kappa shape index (κ2) is 5.92. The predicted octanol–water partition coefficient (Wildman–Crippen LogP) is 4.34. The molecule has 2 heterocycles. The van der Waals surface area contributed by atoms with Crippen molar-refractivity contribution in [2.75, 3.05) is 6.54 Å². The number of para-hydroxylation sites is 1. The summed E-state index contributed by atoms with van der Waals surface area (Å²) in [5.74, 6) is 0. The number of fused-ring (bicyclic) bond motifs is 1. The molecule has 0 amide bonds. The summed E-state index contributed by atoms with van der Waals surface area (Å²) in [4.78, 5) is 10.5. The van der Waals surface area contributed by atoms with Crippen molar-refractivity contribution in [2.24, 2.45) is 0 Å². The second-order valence-electron chi connectivity index (χ2n) is 5.18. The van der Waals surface area contributed by atoms with Crippen molar-refractivity contribution in [1.82, 2.24) is 15.3 Å². The van der Waals surface area contributed by atoms with Gasteiger partial charge in [-0.15, -0.1) is 11.3 Å². The highest BCUT2D eigenvalue weighted by atomic mass is 32.1. The zero-order valence-corrected chi connectivity index (χ0v) is 13.4. The third kappa shape index (κ3) is 2.82. The van der Waals surface area contributed by atoms with E-state index in [2.05, 4.69) is 53.4 Å². The fourth-order valence-corrected chi connectivity index (χ4v) is 3.48. The summed E-state index contributed by atoms with van der Waals surface area (Å²) < 4.78 is 0. The molecule has 0 saturated carbocycles. The minimum absolute atomic E-state index is 0.343. The summed E-state index contributed by atoms with van der Waals surface area (Å²) in [6.07, 6.45) is 1.98. The van der Waals surface area contributed by atoms with E-state index in [1.54, 1.807) is 11.3 Å². The number of hydrogen-bond acceptors (Lipinski definition) is 4. The van der Waals surface area contributed by atoms with Crippen LogP contribution in [-0.4, -0.2) is 16.5 Å². The van der Waals surface area contributed by atoms with Crippen LogP contribution in [0.2, 0.25) is 0 Å². The van der Waals surface area contributed by atoms with Gasteiger partial charge < -0.3 is 5.32 Å². The van der Waals surface area contributed by atoms with Gasteiger partial charge in [0.15, 0.2) is 0 Å². The summed E-state index contributed by atoms with van der Waals surface area (Å²) in [6.45, 7) is 7.30. The van der Waals surface area contributed by atoms with E-state index < -0.39 is 0 Å². The van der Waals surface area contributed by atoms with Crippen molar-refractivity contribution in [3.63, 3.8) is 0 Å². The predicted molar refractivity (Wildman–Crippen MR) is 89.7 cm³/mol. The highest BCUT2D eigenvalue weighted by Crippen LogP contribution is 2.33. The van der Waals surface area contributed by atoms with Crippen LogP contribution in [0.15, 0.2) is 36.5 Å². The van der Waals surface area contributed by atoms with Crippen molar-refractivity contribution in [2.45, 2.75) is 26.8 Å². The number of hydrogen-bond donors (Lipinski definition) is 1. The fraction of sp³-hybridized carbons (Fsp3) is 0.294. The lowest BCUT2D eigenvalue weighted by Gasteiger charge is -2.08. The molecule has 3 nitrogen and oxygen atoms in total. The molecule has 1 unspecified atom stereocenters. The van der Waals surface area contributed by atoms with Crippen LogP contribution in [0, 0.1) is 6.92 Å². The van der Waals surface area contributed by atoms with Gasteiger partial charge >= 0.3 is 0 Å². The molecule has 0 aliphatic heterocycles. The van der Waals surface area contributed by atoms with E-state index in [4.69, 9.17) is 0 Å². The number of nitrogens with zero attached hydrogens (tertiary/aromatic N) is 2. The molecule has 0 aliphatic carbocycles. The number of nitrogens with one attached hydrogen (secondary N) is 1. The van der Waals surface area contributed by atoms with Gasteiger partial charge in [-0.3, -0.25) is 4.98 Å². The van der Waals surface area contributed by atoms with Gasteiger partial charge in [-0.2, -0.15) is 0 Å². The fourth-order valence-electron chi connectivity index (χ4n) is 2.50. The zero-order chi connectivity index (χ0) is 14.8. The lowest BCUT2D eigenvalue weighted by Crippen LogP contribution is -2.16. The van der Waals surface area contributed by atoms with E-state index in [9.17, 15) is 0 Å². The first-order chi connectivity index (χ1) is 10.2. The Bertz CT molecular complexity index is 764. The van der Waals surface area contributed by atoms with Crippen LogP contribution < -0.4 is 5.32 Å². The van der Waals surface area contributed by atoms with E-state index in [1.807, 2.05) is 19.2 Å². The first kappa shape index (κ1) is 14.2. The molecule has 0 spiro atoms. The average molecular weight is 297 g/mol. The Morgan fingerprint density at radius 2 is 2.10 bits per heavy atom. The SMILES string of the molecule is CCNC(C)c1cnc(-c2cc(C)nc3ccccc23)s1. The third-order valence-electron chi connectivity index (χ3n) is 3.54. The van der Waals surface area contributed by atoms with Gasteiger partial charge in [0.1, 0.15) is 5.01 Å². The summed E-state index contributed by atoms with van der Waals surface area (Å²) in [5, 5.41) is 5.67. The molecule has 3 aromatic rings. The minimum Gasteiger partial charge on any atom is -0.310 e. The van der Waals surface area contributed by atoms with Gasteiger partial charge in [-0.25, -0.2) is 4.98 Å². The second-order valence-corrected chi connectivity index (χ2v) is 6.24. The maximum absolute atomic E-state index is 4.63. The highest BCUT2D eigenvalue weighted by Gasteiger charge is 2.13. The van der Waals surface area contributed by atoms with Gasteiger partial charge in [0.05, 0.1) is 5.52 Å². The van der Waals surface area contributed by atoms with Crippen LogP contribution >= 0.6 is 11.3 Å². The van der Waals surface area contributed by atoms with Crippen molar-refractivity contribution < 1.29 is 0 Å². The van der Waals surface area contributed by atoms with Crippen LogP contribution in [-0.2, 0) is 0 Å². The Balaban J connectivity index is 2.08. The molecule has 0 fully saturated rings. The van der Waals surface area contributed by atoms with E-state index >= 15 is 0 Å². The molecule has 1 aromatic carbocycles. The van der Waals surface area contributed by atoms with Crippen molar-refractivity contribution in [3.05, 3.63) is 47.1 Å². The number of rotatable bonds is 4. The molecular formula is C17H19N3S. The van der Waals surface area contributed by atoms with Gasteiger partial charge in [-0.1, -0.05) is 25.1 Å². The van der Waals surface area contributed by atoms with Gasteiger partial charge in [0, 0.05) is 33.8 Å². The molecule has 3 rings (SSSR count). The quantitative estimate of drug-likeness (QED) is 0.778. The molecular weight excluding hydrogens is 278 g/mol. The Labute approximate surface area is 129 Å². The molecule has 1 atom stereocenters. The standard InChI is InChI=1S/C17H19N3S/c1-4-18-12(3)16-10-19-17(21-16)14-9-11(2)20-15-8-6-5-7-13(14)15/h5-10,12,18H,4H2,1-3H3. The Morgan fingerprint density at radius 3 is 2.90 bits per heavy atom. The van der Waals surface area contributed by atoms with E-state index in [1.165, 1.54) is 15.8 Å². The van der Waals surface area contributed by atoms with Crippen LogP contribution in [0.1, 0.15) is 30.5 Å². The number of aryl methyl sites for hydroxylation is 1. The molecule has 4 heteroatoms. The van der Waals surface area contributed by atoms with E-state index in [-0.39, 0.29) is 0 Å². The molecule has 0 aliphatic rings. The minimum atomic E-state index is 0.343. The summed E-state index contributed by atoms with van der Waals surface area (Å²) >= 11 is 1.76. The number of benzene rings is 1. The molecule has 0 saturated heterocycles. The number of thiazole rings is 1. The smallest absolute Gasteiger partial charge is 0.124 e. The third-order valence-corrected chi connectivity index (χ3v) is 4.75. The van der Waals surface area contributed by atoms with Crippen LogP contribution in [0.25, 0.3) is 21.5 Å². The topological polar surface area (TPSA) is 37.8 Å². The molecule has 2 aromatic heterocycles. The largest absolute Gasteiger partial charge is 0.310 e. The Hall–Kier alpha value is -1.78. The maximum atomic E-state index is 4.63.